The molecule has 1 aliphatic heterocycles. The van der Waals surface area contributed by atoms with Crippen LogP contribution in [0.3, 0.4) is 0 Å². The van der Waals surface area contributed by atoms with E-state index in [0.29, 0.717) is 24.5 Å². The molecule has 0 bridgehead atoms. The van der Waals surface area contributed by atoms with E-state index >= 15 is 0 Å². The monoisotopic (exact) mass is 298 g/mol. The van der Waals surface area contributed by atoms with Crippen molar-refractivity contribution in [2.24, 2.45) is 0 Å². The molecule has 1 heterocycles. The van der Waals surface area contributed by atoms with Gasteiger partial charge in [0, 0.05) is 24.9 Å². The highest BCUT2D eigenvalue weighted by Crippen LogP contribution is 2.13. The van der Waals surface area contributed by atoms with Crippen LogP contribution in [0.4, 0.5) is 0 Å². The lowest BCUT2D eigenvalue weighted by molar-refractivity contribution is -0.137. The predicted octanol–water partition coefficient (Wildman–Crippen LogP) is 2.51. The highest BCUT2D eigenvalue weighted by Gasteiger charge is 2.29. The molecular formula is C15H26N2O2S. The number of amides is 2. The SMILES string of the molecule is CCCCCCCCCN1C(=O)C=C(NCCS)C1=O. The van der Waals surface area contributed by atoms with Crippen molar-refractivity contribution in [3.63, 3.8) is 0 Å². The first kappa shape index (κ1) is 17.1. The maximum absolute atomic E-state index is 12.0. The van der Waals surface area contributed by atoms with Crippen LogP contribution in [-0.4, -0.2) is 35.6 Å². The highest BCUT2D eigenvalue weighted by molar-refractivity contribution is 7.80. The molecule has 0 aliphatic carbocycles. The molecule has 0 saturated heterocycles. The minimum Gasteiger partial charge on any atom is -0.380 e. The molecule has 5 heteroatoms. The lowest BCUT2D eigenvalue weighted by atomic mass is 10.1. The van der Waals surface area contributed by atoms with E-state index in [9.17, 15) is 9.59 Å². The summed E-state index contributed by atoms with van der Waals surface area (Å²) in [6, 6.07) is 0. The fraction of sp³-hybridized carbons (Fsp3) is 0.733. The van der Waals surface area contributed by atoms with Gasteiger partial charge in [-0.15, -0.1) is 0 Å². The Morgan fingerprint density at radius 2 is 1.75 bits per heavy atom. The number of rotatable bonds is 11. The van der Waals surface area contributed by atoms with Gasteiger partial charge in [-0.05, 0) is 6.42 Å². The Kier molecular flexibility index (Phi) is 8.42. The van der Waals surface area contributed by atoms with Crippen molar-refractivity contribution >= 4 is 24.4 Å². The summed E-state index contributed by atoms with van der Waals surface area (Å²) in [5, 5.41) is 2.94. The molecule has 114 valence electrons. The summed E-state index contributed by atoms with van der Waals surface area (Å²) in [5.74, 6) is 0.252. The Labute approximate surface area is 127 Å². The normalized spacial score (nSPS) is 14.9. The second kappa shape index (κ2) is 9.86. The van der Waals surface area contributed by atoms with E-state index in [1.165, 1.54) is 43.1 Å². The molecule has 1 rings (SSSR count). The number of thiol groups is 1. The van der Waals surface area contributed by atoms with Crippen LogP contribution in [0.5, 0.6) is 0 Å². The number of nitrogens with one attached hydrogen (secondary N) is 1. The maximum Gasteiger partial charge on any atom is 0.276 e. The van der Waals surface area contributed by atoms with Crippen molar-refractivity contribution in [1.82, 2.24) is 10.2 Å². The van der Waals surface area contributed by atoms with Gasteiger partial charge in [0.2, 0.25) is 0 Å². The summed E-state index contributed by atoms with van der Waals surface area (Å²) in [6.45, 7) is 3.34. The molecule has 4 nitrogen and oxygen atoms in total. The number of hydrogen-bond acceptors (Lipinski definition) is 4. The zero-order valence-electron chi connectivity index (χ0n) is 12.4. The van der Waals surface area contributed by atoms with Crippen molar-refractivity contribution in [3.05, 3.63) is 11.8 Å². The van der Waals surface area contributed by atoms with Crippen molar-refractivity contribution in [1.29, 1.82) is 0 Å². The Morgan fingerprint density at radius 1 is 1.10 bits per heavy atom. The van der Waals surface area contributed by atoms with Gasteiger partial charge in [0.05, 0.1) is 0 Å². The zero-order chi connectivity index (χ0) is 14.8. The number of unbranched alkanes of at least 4 members (excludes halogenated alkanes) is 6. The number of nitrogens with zero attached hydrogens (tertiary/aromatic N) is 1. The first-order valence-corrected chi connectivity index (χ1v) is 8.26. The van der Waals surface area contributed by atoms with E-state index in [0.717, 1.165) is 12.8 Å². The predicted molar refractivity (Wildman–Crippen MR) is 84.7 cm³/mol. The molecule has 0 aromatic heterocycles. The van der Waals surface area contributed by atoms with Crippen LogP contribution in [-0.2, 0) is 9.59 Å². The summed E-state index contributed by atoms with van der Waals surface area (Å²) >= 11 is 4.07. The van der Waals surface area contributed by atoms with Crippen LogP contribution in [0.15, 0.2) is 11.8 Å². The van der Waals surface area contributed by atoms with E-state index in [-0.39, 0.29) is 11.8 Å². The molecule has 0 saturated carbocycles. The highest BCUT2D eigenvalue weighted by atomic mass is 32.1. The molecule has 20 heavy (non-hydrogen) atoms. The van der Waals surface area contributed by atoms with Gasteiger partial charge < -0.3 is 5.32 Å². The molecule has 0 aromatic carbocycles. The summed E-state index contributed by atoms with van der Waals surface area (Å²) in [6.07, 6.45) is 9.66. The standard InChI is InChI=1S/C15H26N2O2S/c1-2-3-4-5-6-7-8-10-17-14(18)12-13(15(17)19)16-9-11-20/h12,16,20H,2-11H2,1H3. The Bertz CT molecular complexity index is 356. The summed E-state index contributed by atoms with van der Waals surface area (Å²) < 4.78 is 0. The smallest absolute Gasteiger partial charge is 0.276 e. The fourth-order valence-electron chi connectivity index (χ4n) is 2.26. The molecule has 0 aromatic rings. The van der Waals surface area contributed by atoms with Crippen molar-refractivity contribution in [3.8, 4) is 0 Å². The minimum absolute atomic E-state index is 0.192. The third kappa shape index (κ3) is 5.57. The summed E-state index contributed by atoms with van der Waals surface area (Å²) in [7, 11) is 0. The lowest BCUT2D eigenvalue weighted by Gasteiger charge is -2.14. The van der Waals surface area contributed by atoms with Gasteiger partial charge in [0.25, 0.3) is 11.8 Å². The molecule has 0 fully saturated rings. The molecule has 0 radical (unpaired) electrons. The summed E-state index contributed by atoms with van der Waals surface area (Å²) in [5.41, 5.74) is 0.409. The molecule has 2 amide bonds. The van der Waals surface area contributed by atoms with E-state index in [4.69, 9.17) is 0 Å². The number of imide groups is 1. The van der Waals surface area contributed by atoms with Gasteiger partial charge in [-0.1, -0.05) is 45.4 Å². The van der Waals surface area contributed by atoms with E-state index in [1.54, 1.807) is 0 Å². The Balaban J connectivity index is 2.18. The van der Waals surface area contributed by atoms with Crippen LogP contribution in [0.2, 0.25) is 0 Å². The topological polar surface area (TPSA) is 49.4 Å². The summed E-state index contributed by atoms with van der Waals surface area (Å²) in [4.78, 5) is 25.0. The van der Waals surface area contributed by atoms with E-state index in [1.807, 2.05) is 0 Å². The van der Waals surface area contributed by atoms with Crippen molar-refractivity contribution < 1.29 is 9.59 Å². The van der Waals surface area contributed by atoms with Gasteiger partial charge in [0.15, 0.2) is 0 Å². The van der Waals surface area contributed by atoms with Crippen LogP contribution < -0.4 is 5.32 Å². The van der Waals surface area contributed by atoms with Crippen molar-refractivity contribution in [2.75, 3.05) is 18.8 Å². The van der Waals surface area contributed by atoms with Crippen LogP contribution in [0.25, 0.3) is 0 Å². The average molecular weight is 298 g/mol. The minimum atomic E-state index is -0.192. The Morgan fingerprint density at radius 3 is 2.40 bits per heavy atom. The fourth-order valence-corrected chi connectivity index (χ4v) is 2.38. The largest absolute Gasteiger partial charge is 0.380 e. The number of carbonyl (C=O) groups excluding carboxylic acids is 2. The second-order valence-electron chi connectivity index (χ2n) is 5.12. The molecular weight excluding hydrogens is 272 g/mol. The average Bonchev–Trinajstić information content (AvgIpc) is 2.71. The van der Waals surface area contributed by atoms with E-state index < -0.39 is 0 Å². The van der Waals surface area contributed by atoms with Crippen molar-refractivity contribution in [2.45, 2.75) is 51.9 Å². The maximum atomic E-state index is 12.0. The lowest BCUT2D eigenvalue weighted by Crippen LogP contribution is -2.34. The third-order valence-corrected chi connectivity index (χ3v) is 3.65. The third-order valence-electron chi connectivity index (χ3n) is 3.42. The van der Waals surface area contributed by atoms with Gasteiger partial charge >= 0.3 is 0 Å². The van der Waals surface area contributed by atoms with E-state index in [2.05, 4.69) is 24.9 Å². The van der Waals surface area contributed by atoms with Crippen LogP contribution in [0.1, 0.15) is 51.9 Å². The molecule has 0 spiro atoms. The first-order valence-electron chi connectivity index (χ1n) is 7.63. The van der Waals surface area contributed by atoms with Gasteiger partial charge in [-0.2, -0.15) is 12.6 Å². The Hall–Kier alpha value is -0.970. The zero-order valence-corrected chi connectivity index (χ0v) is 13.3. The number of hydrogen-bond donors (Lipinski definition) is 2. The molecule has 1 aliphatic rings. The molecule has 0 atom stereocenters. The molecule has 0 unspecified atom stereocenters. The number of carbonyl (C=O) groups is 2. The van der Waals surface area contributed by atoms with Gasteiger partial charge in [-0.25, -0.2) is 0 Å². The second-order valence-corrected chi connectivity index (χ2v) is 5.57. The molecule has 1 N–H and O–H groups in total. The first-order chi connectivity index (χ1) is 9.70. The van der Waals surface area contributed by atoms with Gasteiger partial charge in [0.1, 0.15) is 5.70 Å². The van der Waals surface area contributed by atoms with Crippen LogP contribution >= 0.6 is 12.6 Å². The van der Waals surface area contributed by atoms with Gasteiger partial charge in [-0.3, -0.25) is 14.5 Å². The quantitative estimate of drug-likeness (QED) is 0.350. The van der Waals surface area contributed by atoms with Crippen LogP contribution in [0, 0.1) is 0 Å².